The normalized spacial score (nSPS) is 15.5. The van der Waals surface area contributed by atoms with E-state index in [0.717, 1.165) is 31.9 Å². The molecule has 1 N–H and O–H groups in total. The van der Waals surface area contributed by atoms with Crippen LogP contribution in [0.25, 0.3) is 0 Å². The number of nitrogens with zero attached hydrogens (tertiary/aromatic N) is 3. The topological polar surface area (TPSA) is 38.8 Å². The molecule has 25 heavy (non-hydrogen) atoms. The van der Waals surface area contributed by atoms with Gasteiger partial charge in [-0.15, -0.1) is 0 Å². The standard InChI is InChI=1S/C17H25F3N4O/c1-22(8-6-16(19)20)17(25)21-7-9-23-10-12-24(13-11-23)15-4-2-14(18)3-5-15/h2-5,16H,6-13H2,1H3,(H,21,25). The highest BCUT2D eigenvalue weighted by Crippen LogP contribution is 2.16. The van der Waals surface area contributed by atoms with Gasteiger partial charge in [0, 0.05) is 65.0 Å². The van der Waals surface area contributed by atoms with Crippen molar-refractivity contribution in [2.75, 3.05) is 57.8 Å². The largest absolute Gasteiger partial charge is 0.369 e. The van der Waals surface area contributed by atoms with Crippen LogP contribution in [0.4, 0.5) is 23.7 Å². The van der Waals surface area contributed by atoms with Crippen molar-refractivity contribution < 1.29 is 18.0 Å². The molecule has 1 fully saturated rings. The molecule has 5 nitrogen and oxygen atoms in total. The van der Waals surface area contributed by atoms with E-state index < -0.39 is 6.43 Å². The van der Waals surface area contributed by atoms with E-state index in [4.69, 9.17) is 0 Å². The van der Waals surface area contributed by atoms with E-state index in [2.05, 4.69) is 15.1 Å². The van der Waals surface area contributed by atoms with Crippen LogP contribution in [0.1, 0.15) is 6.42 Å². The third kappa shape index (κ3) is 6.45. The maximum absolute atomic E-state index is 13.0. The van der Waals surface area contributed by atoms with Crippen molar-refractivity contribution in [1.29, 1.82) is 0 Å². The summed E-state index contributed by atoms with van der Waals surface area (Å²) in [4.78, 5) is 17.5. The second-order valence-electron chi connectivity index (χ2n) is 6.14. The Morgan fingerprint density at radius 1 is 1.20 bits per heavy atom. The second kappa shape index (κ2) is 9.50. The van der Waals surface area contributed by atoms with Crippen LogP contribution in [0.5, 0.6) is 0 Å². The highest BCUT2D eigenvalue weighted by Gasteiger charge is 2.17. The number of carbonyl (C=O) groups excluding carboxylic acids is 1. The van der Waals surface area contributed by atoms with E-state index in [9.17, 15) is 18.0 Å². The van der Waals surface area contributed by atoms with Gasteiger partial charge in [0.05, 0.1) is 0 Å². The first-order valence-corrected chi connectivity index (χ1v) is 8.45. The van der Waals surface area contributed by atoms with Gasteiger partial charge >= 0.3 is 6.03 Å². The molecule has 140 valence electrons. The molecule has 0 unspecified atom stereocenters. The molecular formula is C17H25F3N4O. The van der Waals surface area contributed by atoms with E-state index in [1.165, 1.54) is 24.1 Å². The third-order valence-corrected chi connectivity index (χ3v) is 4.30. The van der Waals surface area contributed by atoms with Crippen LogP contribution in [-0.2, 0) is 0 Å². The van der Waals surface area contributed by atoms with Crippen LogP contribution < -0.4 is 10.2 Å². The summed E-state index contributed by atoms with van der Waals surface area (Å²) in [5.41, 5.74) is 1.01. The van der Waals surface area contributed by atoms with Gasteiger partial charge in [-0.05, 0) is 24.3 Å². The molecule has 1 saturated heterocycles. The van der Waals surface area contributed by atoms with Gasteiger partial charge in [-0.1, -0.05) is 0 Å². The Labute approximate surface area is 146 Å². The summed E-state index contributed by atoms with van der Waals surface area (Å²) in [6.45, 7) is 4.63. The van der Waals surface area contributed by atoms with Gasteiger partial charge in [-0.3, -0.25) is 4.90 Å². The van der Waals surface area contributed by atoms with Gasteiger partial charge in [0.1, 0.15) is 5.82 Å². The number of hydrogen-bond donors (Lipinski definition) is 1. The number of piperazine rings is 1. The number of benzene rings is 1. The summed E-state index contributed by atoms with van der Waals surface area (Å²) in [5, 5.41) is 2.75. The van der Waals surface area contributed by atoms with Crippen LogP contribution >= 0.6 is 0 Å². The van der Waals surface area contributed by atoms with Crippen LogP contribution in [0.15, 0.2) is 24.3 Å². The van der Waals surface area contributed by atoms with Crippen LogP contribution in [0, 0.1) is 5.82 Å². The fourth-order valence-electron chi connectivity index (χ4n) is 2.73. The van der Waals surface area contributed by atoms with Crippen molar-refractivity contribution in [3.63, 3.8) is 0 Å². The number of halogens is 3. The number of alkyl halides is 2. The lowest BCUT2D eigenvalue weighted by molar-refractivity contribution is 0.124. The summed E-state index contributed by atoms with van der Waals surface area (Å²) in [5.74, 6) is -0.239. The van der Waals surface area contributed by atoms with Gasteiger partial charge in [0.15, 0.2) is 0 Å². The molecule has 2 amide bonds. The van der Waals surface area contributed by atoms with Gasteiger partial charge in [-0.25, -0.2) is 18.0 Å². The van der Waals surface area contributed by atoms with Gasteiger partial charge in [0.2, 0.25) is 6.43 Å². The molecule has 0 spiro atoms. The van der Waals surface area contributed by atoms with Crippen molar-refractivity contribution in [1.82, 2.24) is 15.1 Å². The zero-order chi connectivity index (χ0) is 18.2. The van der Waals surface area contributed by atoms with E-state index in [1.807, 2.05) is 0 Å². The highest BCUT2D eigenvalue weighted by molar-refractivity contribution is 5.73. The van der Waals surface area contributed by atoms with E-state index >= 15 is 0 Å². The average molecular weight is 358 g/mol. The Hall–Kier alpha value is -1.96. The van der Waals surface area contributed by atoms with E-state index in [0.29, 0.717) is 13.1 Å². The average Bonchev–Trinajstić information content (AvgIpc) is 2.61. The summed E-state index contributed by atoms with van der Waals surface area (Å²) < 4.78 is 37.2. The predicted molar refractivity (Wildman–Crippen MR) is 91.7 cm³/mol. The Kier molecular flexibility index (Phi) is 7.36. The van der Waals surface area contributed by atoms with E-state index in [-0.39, 0.29) is 24.8 Å². The van der Waals surface area contributed by atoms with Gasteiger partial charge < -0.3 is 15.1 Å². The molecule has 8 heteroatoms. The molecule has 0 aromatic heterocycles. The molecule has 2 rings (SSSR count). The molecule has 1 aromatic carbocycles. The first-order chi connectivity index (χ1) is 12.0. The SMILES string of the molecule is CN(CCC(F)F)C(=O)NCCN1CCN(c2ccc(F)cc2)CC1. The minimum atomic E-state index is -2.40. The molecular weight excluding hydrogens is 333 g/mol. The lowest BCUT2D eigenvalue weighted by Gasteiger charge is -2.36. The second-order valence-corrected chi connectivity index (χ2v) is 6.14. The molecule has 0 atom stereocenters. The Balaban J connectivity index is 1.63. The van der Waals surface area contributed by atoms with Gasteiger partial charge in [0.25, 0.3) is 0 Å². The number of hydrogen-bond acceptors (Lipinski definition) is 3. The smallest absolute Gasteiger partial charge is 0.317 e. The maximum Gasteiger partial charge on any atom is 0.317 e. The molecule has 1 heterocycles. The number of amides is 2. The zero-order valence-corrected chi connectivity index (χ0v) is 14.4. The minimum absolute atomic E-state index is 0.0415. The maximum atomic E-state index is 13.0. The fourth-order valence-corrected chi connectivity index (χ4v) is 2.73. The molecule has 0 radical (unpaired) electrons. The van der Waals surface area contributed by atoms with Crippen molar-refractivity contribution in [3.8, 4) is 0 Å². The Morgan fingerprint density at radius 2 is 1.84 bits per heavy atom. The molecule has 0 aliphatic carbocycles. The monoisotopic (exact) mass is 358 g/mol. The number of anilines is 1. The highest BCUT2D eigenvalue weighted by atomic mass is 19.3. The molecule has 0 bridgehead atoms. The summed E-state index contributed by atoms with van der Waals surface area (Å²) in [6.07, 6.45) is -2.71. The third-order valence-electron chi connectivity index (χ3n) is 4.30. The number of carbonyl (C=O) groups is 1. The van der Waals surface area contributed by atoms with Crippen molar-refractivity contribution in [2.45, 2.75) is 12.8 Å². The lowest BCUT2D eigenvalue weighted by Crippen LogP contribution is -2.49. The van der Waals surface area contributed by atoms with E-state index in [1.54, 1.807) is 12.1 Å². The Bertz CT molecular complexity index is 533. The summed E-state index contributed by atoms with van der Waals surface area (Å²) >= 11 is 0. The van der Waals surface area contributed by atoms with Crippen molar-refractivity contribution in [3.05, 3.63) is 30.1 Å². The quantitative estimate of drug-likeness (QED) is 0.813. The fraction of sp³-hybridized carbons (Fsp3) is 0.588. The van der Waals surface area contributed by atoms with Crippen molar-refractivity contribution >= 4 is 11.7 Å². The lowest BCUT2D eigenvalue weighted by atomic mass is 10.2. The molecule has 1 aliphatic heterocycles. The molecule has 1 aliphatic rings. The predicted octanol–water partition coefficient (Wildman–Crippen LogP) is 2.24. The Morgan fingerprint density at radius 3 is 2.44 bits per heavy atom. The number of urea groups is 1. The molecule has 0 saturated carbocycles. The zero-order valence-electron chi connectivity index (χ0n) is 14.4. The van der Waals surface area contributed by atoms with Gasteiger partial charge in [-0.2, -0.15) is 0 Å². The number of nitrogens with one attached hydrogen (secondary N) is 1. The van der Waals surface area contributed by atoms with Crippen LogP contribution in [0.3, 0.4) is 0 Å². The number of rotatable bonds is 7. The summed E-state index contributed by atoms with van der Waals surface area (Å²) in [7, 11) is 1.51. The van der Waals surface area contributed by atoms with Crippen LogP contribution in [0.2, 0.25) is 0 Å². The first-order valence-electron chi connectivity index (χ1n) is 8.45. The molecule has 1 aromatic rings. The van der Waals surface area contributed by atoms with Crippen LogP contribution in [-0.4, -0.2) is 75.1 Å². The summed E-state index contributed by atoms with van der Waals surface area (Å²) in [6, 6.07) is 6.15. The first kappa shape index (κ1) is 19.4. The minimum Gasteiger partial charge on any atom is -0.369 e. The van der Waals surface area contributed by atoms with Crippen molar-refractivity contribution in [2.24, 2.45) is 0 Å².